The number of carbonyl (C=O) groups excluding carboxylic acids is 1. The molecule has 1 saturated carbocycles. The van der Waals surface area contributed by atoms with Gasteiger partial charge < -0.3 is 9.84 Å². The van der Waals surface area contributed by atoms with Crippen LogP contribution in [0.3, 0.4) is 0 Å². The average molecular weight is 250 g/mol. The van der Waals surface area contributed by atoms with E-state index >= 15 is 0 Å². The number of aliphatic hydroxyl groups excluding tert-OH is 1. The average Bonchev–Trinajstić information content (AvgIpc) is 2.60. The molecule has 100 valence electrons. The van der Waals surface area contributed by atoms with E-state index in [4.69, 9.17) is 4.74 Å². The number of hydrogen-bond acceptors (Lipinski definition) is 3. The quantitative estimate of drug-likeness (QED) is 0.672. The van der Waals surface area contributed by atoms with Gasteiger partial charge in [0, 0.05) is 17.4 Å². The zero-order valence-electron chi connectivity index (χ0n) is 11.4. The van der Waals surface area contributed by atoms with Crippen molar-refractivity contribution < 1.29 is 14.6 Å². The SMILES string of the molecule is C[C@H]1C(=O)OC2=C1[C@@H](O)[C@@]1(C)C(CCC[C@@H]1C)C2. The van der Waals surface area contributed by atoms with E-state index < -0.39 is 6.10 Å². The predicted molar refractivity (Wildman–Crippen MR) is 67.5 cm³/mol. The van der Waals surface area contributed by atoms with Gasteiger partial charge in [0.05, 0.1) is 12.0 Å². The normalized spacial score (nSPS) is 47.7. The molecule has 1 N–H and O–H groups in total. The molecule has 0 saturated heterocycles. The van der Waals surface area contributed by atoms with Crippen molar-refractivity contribution in [3.8, 4) is 0 Å². The molecule has 2 aliphatic carbocycles. The number of aliphatic hydroxyl groups is 1. The molecule has 5 atom stereocenters. The van der Waals surface area contributed by atoms with Gasteiger partial charge in [-0.15, -0.1) is 0 Å². The van der Waals surface area contributed by atoms with E-state index in [1.54, 1.807) is 0 Å². The Morgan fingerprint density at radius 2 is 2.06 bits per heavy atom. The number of ether oxygens (including phenoxy) is 1. The summed E-state index contributed by atoms with van der Waals surface area (Å²) < 4.78 is 5.36. The number of hydrogen-bond donors (Lipinski definition) is 1. The van der Waals surface area contributed by atoms with Gasteiger partial charge in [-0.2, -0.15) is 0 Å². The lowest BCUT2D eigenvalue weighted by Gasteiger charge is -2.52. The number of fused-ring (bicyclic) bond motifs is 1. The Morgan fingerprint density at radius 3 is 2.78 bits per heavy atom. The maximum Gasteiger partial charge on any atom is 0.318 e. The van der Waals surface area contributed by atoms with E-state index in [2.05, 4.69) is 13.8 Å². The summed E-state index contributed by atoms with van der Waals surface area (Å²) in [6.07, 6.45) is 3.86. The van der Waals surface area contributed by atoms with Crippen LogP contribution in [-0.2, 0) is 9.53 Å². The molecule has 3 rings (SSSR count). The zero-order valence-corrected chi connectivity index (χ0v) is 11.4. The molecule has 0 bridgehead atoms. The second-order valence-corrected chi connectivity index (χ2v) is 6.52. The van der Waals surface area contributed by atoms with Crippen LogP contribution in [0.25, 0.3) is 0 Å². The molecule has 3 aliphatic rings. The van der Waals surface area contributed by atoms with E-state index in [1.807, 2.05) is 6.92 Å². The Labute approximate surface area is 108 Å². The van der Waals surface area contributed by atoms with Gasteiger partial charge in [0.15, 0.2) is 0 Å². The van der Waals surface area contributed by atoms with Crippen molar-refractivity contribution in [2.75, 3.05) is 0 Å². The second kappa shape index (κ2) is 3.83. The van der Waals surface area contributed by atoms with E-state index in [-0.39, 0.29) is 17.3 Å². The van der Waals surface area contributed by atoms with Crippen LogP contribution >= 0.6 is 0 Å². The van der Waals surface area contributed by atoms with Crippen LogP contribution < -0.4 is 0 Å². The number of esters is 1. The van der Waals surface area contributed by atoms with Crippen LogP contribution in [0.2, 0.25) is 0 Å². The van der Waals surface area contributed by atoms with Crippen molar-refractivity contribution in [2.24, 2.45) is 23.2 Å². The molecule has 0 spiro atoms. The summed E-state index contributed by atoms with van der Waals surface area (Å²) in [4.78, 5) is 11.7. The fourth-order valence-electron chi connectivity index (χ4n) is 4.25. The van der Waals surface area contributed by atoms with Crippen LogP contribution in [0, 0.1) is 23.2 Å². The van der Waals surface area contributed by atoms with Gasteiger partial charge in [0.1, 0.15) is 5.76 Å². The molecule has 1 unspecified atom stereocenters. The van der Waals surface area contributed by atoms with Gasteiger partial charge in [0.25, 0.3) is 0 Å². The molecule has 18 heavy (non-hydrogen) atoms. The van der Waals surface area contributed by atoms with Crippen LogP contribution in [-0.4, -0.2) is 17.2 Å². The Kier molecular flexibility index (Phi) is 2.60. The molecular formula is C15H22O3. The highest BCUT2D eigenvalue weighted by Crippen LogP contribution is 2.57. The molecule has 0 aromatic rings. The zero-order chi connectivity index (χ0) is 13.1. The van der Waals surface area contributed by atoms with Gasteiger partial charge in [-0.25, -0.2) is 0 Å². The summed E-state index contributed by atoms with van der Waals surface area (Å²) in [6.45, 7) is 6.29. The van der Waals surface area contributed by atoms with E-state index in [0.717, 1.165) is 24.2 Å². The maximum absolute atomic E-state index is 11.7. The van der Waals surface area contributed by atoms with E-state index in [9.17, 15) is 9.90 Å². The molecule has 1 heterocycles. The largest absolute Gasteiger partial charge is 0.431 e. The molecule has 1 fully saturated rings. The highest BCUT2D eigenvalue weighted by molar-refractivity contribution is 5.80. The van der Waals surface area contributed by atoms with Gasteiger partial charge in [-0.3, -0.25) is 4.79 Å². The summed E-state index contributed by atoms with van der Waals surface area (Å²) in [7, 11) is 0. The molecule has 3 heteroatoms. The number of carbonyl (C=O) groups is 1. The van der Waals surface area contributed by atoms with Gasteiger partial charge >= 0.3 is 5.97 Å². The van der Waals surface area contributed by atoms with Crippen molar-refractivity contribution in [3.05, 3.63) is 11.3 Å². The van der Waals surface area contributed by atoms with Crippen LogP contribution in [0.15, 0.2) is 11.3 Å². The van der Waals surface area contributed by atoms with Crippen LogP contribution in [0.1, 0.15) is 46.5 Å². The first-order valence-corrected chi connectivity index (χ1v) is 7.09. The molecule has 0 amide bonds. The third-order valence-corrected chi connectivity index (χ3v) is 5.81. The minimum absolute atomic E-state index is 0.0840. The Morgan fingerprint density at radius 1 is 1.33 bits per heavy atom. The molecule has 3 nitrogen and oxygen atoms in total. The van der Waals surface area contributed by atoms with Crippen molar-refractivity contribution >= 4 is 5.97 Å². The highest BCUT2D eigenvalue weighted by Gasteiger charge is 2.55. The third kappa shape index (κ3) is 1.37. The minimum Gasteiger partial charge on any atom is -0.431 e. The minimum atomic E-state index is -0.511. The highest BCUT2D eigenvalue weighted by atomic mass is 16.5. The smallest absolute Gasteiger partial charge is 0.318 e. The third-order valence-electron chi connectivity index (χ3n) is 5.81. The first-order chi connectivity index (χ1) is 8.46. The lowest BCUT2D eigenvalue weighted by atomic mass is 9.54. The lowest BCUT2D eigenvalue weighted by molar-refractivity contribution is -0.139. The molecule has 0 aromatic carbocycles. The van der Waals surface area contributed by atoms with Gasteiger partial charge in [-0.05, 0) is 25.2 Å². The summed E-state index contributed by atoms with van der Waals surface area (Å²) in [5.41, 5.74) is 0.784. The number of allylic oxidation sites excluding steroid dienone is 1. The molecule has 1 aliphatic heterocycles. The van der Waals surface area contributed by atoms with Gasteiger partial charge in [0.2, 0.25) is 0 Å². The Bertz CT molecular complexity index is 425. The molecule has 0 radical (unpaired) electrons. The van der Waals surface area contributed by atoms with Crippen LogP contribution in [0.4, 0.5) is 0 Å². The molecular weight excluding hydrogens is 228 g/mol. The summed E-state index contributed by atoms with van der Waals surface area (Å²) >= 11 is 0. The lowest BCUT2D eigenvalue weighted by Crippen LogP contribution is -2.50. The van der Waals surface area contributed by atoms with Crippen molar-refractivity contribution in [1.29, 1.82) is 0 Å². The summed E-state index contributed by atoms with van der Waals surface area (Å²) in [6, 6.07) is 0. The number of rotatable bonds is 0. The topological polar surface area (TPSA) is 46.5 Å². The molecule has 0 aromatic heterocycles. The predicted octanol–water partition coefficient (Wildman–Crippen LogP) is 2.64. The van der Waals surface area contributed by atoms with Crippen molar-refractivity contribution in [1.82, 2.24) is 0 Å². The Balaban J connectivity index is 2.03. The van der Waals surface area contributed by atoms with Crippen molar-refractivity contribution in [2.45, 2.75) is 52.6 Å². The van der Waals surface area contributed by atoms with E-state index in [0.29, 0.717) is 11.8 Å². The fraction of sp³-hybridized carbons (Fsp3) is 0.800. The first-order valence-electron chi connectivity index (χ1n) is 7.09. The monoisotopic (exact) mass is 250 g/mol. The second-order valence-electron chi connectivity index (χ2n) is 6.52. The first kappa shape index (κ1) is 12.2. The Hall–Kier alpha value is -0.830. The van der Waals surface area contributed by atoms with Crippen molar-refractivity contribution in [3.63, 3.8) is 0 Å². The summed E-state index contributed by atoms with van der Waals surface area (Å²) in [5, 5.41) is 10.8. The standard InChI is InChI=1S/C15H22O3/c1-8-5-4-6-10-7-11-12(9(2)14(17)18-11)13(16)15(8,10)3/h8-10,13,16H,4-7H2,1-3H3/t8-,9+,10?,13+,15+/m0/s1. The van der Waals surface area contributed by atoms with E-state index in [1.165, 1.54) is 12.8 Å². The van der Waals surface area contributed by atoms with Gasteiger partial charge in [-0.1, -0.05) is 26.7 Å². The maximum atomic E-state index is 11.7. The fourth-order valence-corrected chi connectivity index (χ4v) is 4.25. The van der Waals surface area contributed by atoms with Crippen LogP contribution in [0.5, 0.6) is 0 Å². The summed E-state index contributed by atoms with van der Waals surface area (Å²) in [5.74, 6) is 1.28.